The van der Waals surface area contributed by atoms with Crippen LogP contribution in [-0.2, 0) is 11.2 Å². The highest BCUT2D eigenvalue weighted by Gasteiger charge is 2.14. The highest BCUT2D eigenvalue weighted by Crippen LogP contribution is 2.23. The van der Waals surface area contributed by atoms with Crippen LogP contribution >= 0.6 is 0 Å². The van der Waals surface area contributed by atoms with E-state index in [9.17, 15) is 9.59 Å². The Bertz CT molecular complexity index is 1160. The van der Waals surface area contributed by atoms with Crippen molar-refractivity contribution in [3.63, 3.8) is 0 Å². The number of hydrogen-bond acceptors (Lipinski definition) is 4. The van der Waals surface area contributed by atoms with Crippen LogP contribution in [0.3, 0.4) is 0 Å². The quantitative estimate of drug-likeness (QED) is 0.0888. The molecule has 0 aliphatic heterocycles. The average Bonchev–Trinajstić information content (AvgIpc) is 2.99. The fourth-order valence-corrected chi connectivity index (χ4v) is 4.94. The van der Waals surface area contributed by atoms with Crippen molar-refractivity contribution in [3.05, 3.63) is 89.5 Å². The Morgan fingerprint density at radius 1 is 0.585 bits per heavy atom. The maximum Gasteiger partial charge on any atom is 0.343 e. The lowest BCUT2D eigenvalue weighted by atomic mass is 10.00. The molecule has 220 valence electrons. The number of unbranched alkanes of at least 4 members (excludes halogenated alkanes) is 9. The molecule has 1 atom stereocenters. The molecule has 4 heteroatoms. The second-order valence-corrected chi connectivity index (χ2v) is 11.1. The Morgan fingerprint density at radius 3 is 1.68 bits per heavy atom. The molecule has 0 aromatic heterocycles. The van der Waals surface area contributed by atoms with Gasteiger partial charge in [0.2, 0.25) is 0 Å². The first-order chi connectivity index (χ1) is 20.0. The largest absolute Gasteiger partial charge is 0.459 e. The third-order valence-corrected chi connectivity index (χ3v) is 7.55. The molecule has 0 saturated heterocycles. The molecule has 0 fully saturated rings. The lowest BCUT2D eigenvalue weighted by Crippen LogP contribution is -2.15. The van der Waals surface area contributed by atoms with Gasteiger partial charge in [0.15, 0.2) is 0 Å². The maximum absolute atomic E-state index is 12.7. The molecule has 3 aromatic carbocycles. The molecule has 3 rings (SSSR count). The van der Waals surface area contributed by atoms with Gasteiger partial charge in [-0.3, -0.25) is 0 Å². The molecule has 0 amide bonds. The highest BCUT2D eigenvalue weighted by atomic mass is 16.5. The zero-order valence-electron chi connectivity index (χ0n) is 25.3. The number of benzene rings is 3. The predicted molar refractivity (Wildman–Crippen MR) is 169 cm³/mol. The van der Waals surface area contributed by atoms with E-state index in [-0.39, 0.29) is 12.1 Å². The molecule has 4 nitrogen and oxygen atoms in total. The third-order valence-electron chi connectivity index (χ3n) is 7.55. The molecule has 41 heavy (non-hydrogen) atoms. The van der Waals surface area contributed by atoms with E-state index in [2.05, 4.69) is 38.1 Å². The van der Waals surface area contributed by atoms with Crippen molar-refractivity contribution in [2.24, 2.45) is 0 Å². The Hall–Kier alpha value is -3.40. The highest BCUT2D eigenvalue weighted by molar-refractivity contribution is 5.92. The Kier molecular flexibility index (Phi) is 14.2. The molecule has 0 aliphatic rings. The number of aryl methyl sites for hydroxylation is 1. The molecule has 0 heterocycles. The molecule has 0 aliphatic carbocycles. The zero-order valence-corrected chi connectivity index (χ0v) is 25.3. The van der Waals surface area contributed by atoms with E-state index < -0.39 is 5.97 Å². The van der Waals surface area contributed by atoms with Gasteiger partial charge in [-0.15, -0.1) is 0 Å². The van der Waals surface area contributed by atoms with Crippen LogP contribution in [0.4, 0.5) is 0 Å². The fraction of sp³-hybridized carbons (Fsp3) is 0.459. The van der Waals surface area contributed by atoms with E-state index in [0.717, 1.165) is 36.8 Å². The number of carbonyl (C=O) groups excluding carboxylic acids is 2. The molecule has 3 aromatic rings. The van der Waals surface area contributed by atoms with Gasteiger partial charge in [0, 0.05) is 0 Å². The third kappa shape index (κ3) is 11.5. The molecule has 0 spiro atoms. The molecule has 0 radical (unpaired) electrons. The maximum atomic E-state index is 12.7. The smallest absolute Gasteiger partial charge is 0.343 e. The van der Waals surface area contributed by atoms with Crippen molar-refractivity contribution in [2.45, 2.75) is 110 Å². The molecular formula is C37H48O4. The minimum absolute atomic E-state index is 0.118. The minimum atomic E-state index is -0.433. The van der Waals surface area contributed by atoms with Crippen molar-refractivity contribution >= 4 is 11.9 Å². The summed E-state index contributed by atoms with van der Waals surface area (Å²) in [4.78, 5) is 25.1. The Labute approximate surface area is 247 Å². The van der Waals surface area contributed by atoms with Crippen molar-refractivity contribution in [1.82, 2.24) is 0 Å². The second kappa shape index (κ2) is 18.1. The van der Waals surface area contributed by atoms with Crippen LogP contribution in [0, 0.1) is 0 Å². The first kappa shape index (κ1) is 32.1. The van der Waals surface area contributed by atoms with Gasteiger partial charge in [0.05, 0.1) is 17.2 Å². The van der Waals surface area contributed by atoms with Crippen LogP contribution in [0.25, 0.3) is 11.1 Å². The van der Waals surface area contributed by atoms with Crippen LogP contribution in [0.2, 0.25) is 0 Å². The van der Waals surface area contributed by atoms with E-state index in [1.54, 1.807) is 36.4 Å². The summed E-state index contributed by atoms with van der Waals surface area (Å²) in [5.74, 6) is -0.398. The summed E-state index contributed by atoms with van der Waals surface area (Å²) >= 11 is 0. The zero-order chi connectivity index (χ0) is 29.3. The van der Waals surface area contributed by atoms with Gasteiger partial charge in [-0.25, -0.2) is 9.59 Å². The Morgan fingerprint density at radius 2 is 1.07 bits per heavy atom. The molecule has 0 bridgehead atoms. The summed E-state index contributed by atoms with van der Waals surface area (Å²) < 4.78 is 11.1. The van der Waals surface area contributed by atoms with Gasteiger partial charge in [-0.2, -0.15) is 0 Å². The number of rotatable bonds is 18. The summed E-state index contributed by atoms with van der Waals surface area (Å²) in [6.07, 6.45) is 15.8. The topological polar surface area (TPSA) is 52.6 Å². The fourth-order valence-electron chi connectivity index (χ4n) is 4.94. The standard InChI is InChI=1S/C37H48O4/c1-4-6-8-10-11-12-14-16-30-17-19-31(20-18-30)32-21-23-33(24-22-32)37(39)41-35-27-25-34(26-28-35)36(38)40-29(3)15-13-9-7-5-2/h17-29H,4-16H2,1-3H3/t29-/m0/s1. The van der Waals surface area contributed by atoms with E-state index in [0.29, 0.717) is 16.9 Å². The van der Waals surface area contributed by atoms with Crippen LogP contribution in [-0.4, -0.2) is 18.0 Å². The van der Waals surface area contributed by atoms with Crippen molar-refractivity contribution in [1.29, 1.82) is 0 Å². The van der Waals surface area contributed by atoms with Crippen LogP contribution in [0.15, 0.2) is 72.8 Å². The van der Waals surface area contributed by atoms with E-state index in [4.69, 9.17) is 9.47 Å². The van der Waals surface area contributed by atoms with Gasteiger partial charge in [0.1, 0.15) is 5.75 Å². The predicted octanol–water partition coefficient (Wildman–Crippen LogP) is 10.4. The number of ether oxygens (including phenoxy) is 2. The van der Waals surface area contributed by atoms with E-state index in [1.807, 2.05) is 19.1 Å². The van der Waals surface area contributed by atoms with Crippen LogP contribution < -0.4 is 4.74 Å². The van der Waals surface area contributed by atoms with Gasteiger partial charge in [-0.05, 0) is 85.7 Å². The average molecular weight is 557 g/mol. The van der Waals surface area contributed by atoms with Crippen molar-refractivity contribution in [2.75, 3.05) is 0 Å². The van der Waals surface area contributed by atoms with E-state index in [1.165, 1.54) is 63.4 Å². The summed E-state index contributed by atoms with van der Waals surface area (Å²) in [5, 5.41) is 0. The van der Waals surface area contributed by atoms with Crippen LogP contribution in [0.1, 0.15) is 124 Å². The molecule has 0 saturated carbocycles. The van der Waals surface area contributed by atoms with Gasteiger partial charge in [-0.1, -0.05) is 108 Å². The summed E-state index contributed by atoms with van der Waals surface area (Å²) in [7, 11) is 0. The van der Waals surface area contributed by atoms with Gasteiger partial charge >= 0.3 is 11.9 Å². The first-order valence-corrected chi connectivity index (χ1v) is 15.7. The summed E-state index contributed by atoms with van der Waals surface area (Å²) in [6.45, 7) is 6.36. The molecule has 0 N–H and O–H groups in total. The monoisotopic (exact) mass is 556 g/mol. The number of esters is 2. The van der Waals surface area contributed by atoms with Crippen molar-refractivity contribution < 1.29 is 19.1 Å². The normalized spacial score (nSPS) is 11.7. The Balaban J connectivity index is 1.44. The molecule has 0 unspecified atom stereocenters. The second-order valence-electron chi connectivity index (χ2n) is 11.1. The number of hydrogen-bond donors (Lipinski definition) is 0. The molecular weight excluding hydrogens is 508 g/mol. The number of carbonyl (C=O) groups is 2. The van der Waals surface area contributed by atoms with Crippen LogP contribution in [0.5, 0.6) is 5.75 Å². The minimum Gasteiger partial charge on any atom is -0.459 e. The van der Waals surface area contributed by atoms with Gasteiger partial charge in [0.25, 0.3) is 0 Å². The lowest BCUT2D eigenvalue weighted by Gasteiger charge is -2.13. The first-order valence-electron chi connectivity index (χ1n) is 15.7. The van der Waals surface area contributed by atoms with Gasteiger partial charge < -0.3 is 9.47 Å². The summed E-state index contributed by atoms with van der Waals surface area (Å²) in [6, 6.07) is 22.7. The van der Waals surface area contributed by atoms with Crippen molar-refractivity contribution in [3.8, 4) is 16.9 Å². The van der Waals surface area contributed by atoms with E-state index >= 15 is 0 Å². The SMILES string of the molecule is CCCCCCCCCc1ccc(-c2ccc(C(=O)Oc3ccc(C(=O)O[C@@H](C)CCCCCC)cc3)cc2)cc1. The lowest BCUT2D eigenvalue weighted by molar-refractivity contribution is 0.0319. The summed E-state index contributed by atoms with van der Waals surface area (Å²) in [5.41, 5.74) is 4.49.